The summed E-state index contributed by atoms with van der Waals surface area (Å²) >= 11 is 6.72. The molecular formula is C38H48ClN3O5. The van der Waals surface area contributed by atoms with Gasteiger partial charge in [-0.15, -0.1) is 13.2 Å². The number of nitrogens with zero attached hydrogens (tertiary/aromatic N) is 3. The summed E-state index contributed by atoms with van der Waals surface area (Å²) in [5.74, 6) is -2.41. The third-order valence-corrected chi connectivity index (χ3v) is 10.7. The molecule has 3 aliphatic heterocycles. The predicted octanol–water partition coefficient (Wildman–Crippen LogP) is 5.94. The zero-order valence-electron chi connectivity index (χ0n) is 28.0. The van der Waals surface area contributed by atoms with Crippen molar-refractivity contribution in [3.8, 4) is 0 Å². The lowest BCUT2D eigenvalue weighted by molar-refractivity contribution is -0.154. The zero-order chi connectivity index (χ0) is 34.1. The number of hydrogen-bond acceptors (Lipinski definition) is 5. The SMILES string of the molecule is C=CCN(Cc1ccccc1)C(=O)[C@@H]1[C@H]2C(=O)N([C@@H](CO)CC(C)C)C(C(=O)N(CC=C)c3c(C)cccc3Cl)C23CC[C@@]1(CC)O3. The van der Waals surface area contributed by atoms with Gasteiger partial charge in [0.2, 0.25) is 11.8 Å². The second-order valence-corrected chi connectivity index (χ2v) is 14.1. The molecule has 5 rings (SSSR count). The van der Waals surface area contributed by atoms with E-state index in [0.29, 0.717) is 49.5 Å². The summed E-state index contributed by atoms with van der Waals surface area (Å²) in [6, 6.07) is 13.5. The smallest absolute Gasteiger partial charge is 0.253 e. The van der Waals surface area contributed by atoms with Crippen molar-refractivity contribution in [1.29, 1.82) is 0 Å². The number of likely N-dealkylation sites (tertiary alicyclic amines) is 1. The maximum absolute atomic E-state index is 15.1. The van der Waals surface area contributed by atoms with Crippen LogP contribution in [0.15, 0.2) is 73.8 Å². The van der Waals surface area contributed by atoms with Crippen LogP contribution in [0, 0.1) is 24.7 Å². The summed E-state index contributed by atoms with van der Waals surface area (Å²) in [7, 11) is 0. The van der Waals surface area contributed by atoms with Crippen LogP contribution < -0.4 is 4.90 Å². The highest BCUT2D eigenvalue weighted by atomic mass is 35.5. The summed E-state index contributed by atoms with van der Waals surface area (Å²) in [4.78, 5) is 49.8. The molecule has 47 heavy (non-hydrogen) atoms. The average Bonchev–Trinajstić information content (AvgIpc) is 3.66. The Labute approximate surface area is 284 Å². The van der Waals surface area contributed by atoms with Crippen LogP contribution in [0.1, 0.15) is 57.6 Å². The van der Waals surface area contributed by atoms with E-state index in [1.807, 2.05) is 70.2 Å². The van der Waals surface area contributed by atoms with Crippen LogP contribution in [-0.4, -0.2) is 75.6 Å². The van der Waals surface area contributed by atoms with Gasteiger partial charge in [0.1, 0.15) is 11.6 Å². The van der Waals surface area contributed by atoms with Crippen molar-refractivity contribution in [2.75, 3.05) is 24.6 Å². The van der Waals surface area contributed by atoms with Gasteiger partial charge in [-0.3, -0.25) is 14.4 Å². The molecule has 2 unspecified atom stereocenters. The lowest BCUT2D eigenvalue weighted by atomic mass is 9.64. The number of benzene rings is 2. The standard InChI is InChI=1S/C38H48ClN3O5/c1-7-20-40(23-27-15-11-10-12-16-27)34(44)30-31-35(45)42(28(24-43)22-25(4)5)33(38(31)19-18-37(30,9-3)47-38)36(46)41(21-8-2)32-26(6)14-13-17-29(32)39/h7-8,10-17,25,28,30-31,33,43H,1-2,9,18-24H2,3-6H3/t28-,30+,31+,33?,37-,38?/m1/s1. The topological polar surface area (TPSA) is 90.4 Å². The molecular weight excluding hydrogens is 614 g/mol. The Morgan fingerprint density at radius 1 is 1.09 bits per heavy atom. The van der Waals surface area contributed by atoms with Crippen LogP contribution >= 0.6 is 11.6 Å². The third kappa shape index (κ3) is 5.93. The Hall–Kier alpha value is -3.46. The molecule has 3 amide bonds. The van der Waals surface area contributed by atoms with E-state index < -0.39 is 35.1 Å². The molecule has 0 aliphatic carbocycles. The highest BCUT2D eigenvalue weighted by Gasteiger charge is 2.79. The quantitative estimate of drug-likeness (QED) is 0.253. The number of aliphatic hydroxyl groups excluding tert-OH is 1. The first kappa shape index (κ1) is 34.9. The number of hydrogen-bond donors (Lipinski definition) is 1. The van der Waals surface area contributed by atoms with Crippen LogP contribution in [0.5, 0.6) is 0 Å². The number of carbonyl (C=O) groups excluding carboxylic acids is 3. The number of ether oxygens (including phenoxy) is 1. The fourth-order valence-electron chi connectivity index (χ4n) is 8.45. The second-order valence-electron chi connectivity index (χ2n) is 13.7. The monoisotopic (exact) mass is 661 g/mol. The highest BCUT2D eigenvalue weighted by molar-refractivity contribution is 6.34. The Balaban J connectivity index is 1.65. The van der Waals surface area contributed by atoms with Gasteiger partial charge in [0, 0.05) is 19.6 Å². The molecule has 3 saturated heterocycles. The molecule has 1 N–H and O–H groups in total. The van der Waals surface area contributed by atoms with Crippen molar-refractivity contribution in [2.45, 2.75) is 83.2 Å². The number of halogens is 1. The van der Waals surface area contributed by atoms with Crippen LogP contribution in [0.25, 0.3) is 0 Å². The summed E-state index contributed by atoms with van der Waals surface area (Å²) in [6.07, 6.45) is 5.31. The maximum Gasteiger partial charge on any atom is 0.253 e. The predicted molar refractivity (Wildman–Crippen MR) is 185 cm³/mol. The Kier molecular flexibility index (Phi) is 10.3. The molecule has 3 fully saturated rings. The van der Waals surface area contributed by atoms with Crippen molar-refractivity contribution in [3.63, 3.8) is 0 Å². The summed E-state index contributed by atoms with van der Waals surface area (Å²) in [5.41, 5.74) is 0.145. The Bertz CT molecular complexity index is 1490. The Morgan fingerprint density at radius 2 is 1.79 bits per heavy atom. The second kappa shape index (κ2) is 14.0. The number of fused-ring (bicyclic) bond motifs is 1. The van der Waals surface area contributed by atoms with Crippen LogP contribution in [0.2, 0.25) is 5.02 Å². The Morgan fingerprint density at radius 3 is 2.38 bits per heavy atom. The van der Waals surface area contributed by atoms with Gasteiger partial charge >= 0.3 is 0 Å². The molecule has 0 aromatic heterocycles. The van der Waals surface area contributed by atoms with Crippen molar-refractivity contribution >= 4 is 35.0 Å². The van der Waals surface area contributed by atoms with E-state index in [4.69, 9.17) is 16.3 Å². The van der Waals surface area contributed by atoms with Crippen LogP contribution in [0.3, 0.4) is 0 Å². The molecule has 1 spiro atoms. The first-order valence-corrected chi connectivity index (χ1v) is 17.1. The lowest BCUT2D eigenvalue weighted by Crippen LogP contribution is -2.59. The first-order valence-electron chi connectivity index (χ1n) is 16.7. The number of carbonyl (C=O) groups is 3. The van der Waals surface area contributed by atoms with Crippen LogP contribution in [0.4, 0.5) is 5.69 Å². The number of aryl methyl sites for hydroxylation is 1. The molecule has 2 aromatic rings. The fourth-order valence-corrected chi connectivity index (χ4v) is 8.77. The van der Waals surface area contributed by atoms with Crippen LogP contribution in [-0.2, 0) is 25.7 Å². The van der Waals surface area contributed by atoms with Crippen molar-refractivity contribution in [2.24, 2.45) is 17.8 Å². The number of anilines is 1. The third-order valence-electron chi connectivity index (χ3n) is 10.4. The van der Waals surface area contributed by atoms with Gasteiger partial charge in [-0.05, 0) is 55.7 Å². The minimum atomic E-state index is -1.25. The average molecular weight is 662 g/mol. The summed E-state index contributed by atoms with van der Waals surface area (Å²) < 4.78 is 7.07. The maximum atomic E-state index is 15.1. The minimum absolute atomic E-state index is 0.134. The number of rotatable bonds is 14. The van der Waals surface area contributed by atoms with Gasteiger partial charge < -0.3 is 24.5 Å². The van der Waals surface area contributed by atoms with E-state index in [1.54, 1.807) is 32.9 Å². The first-order chi connectivity index (χ1) is 22.5. The molecule has 3 heterocycles. The van der Waals surface area contributed by atoms with Crippen molar-refractivity contribution in [3.05, 3.63) is 90.0 Å². The van der Waals surface area contributed by atoms with Gasteiger partial charge in [-0.2, -0.15) is 0 Å². The fraction of sp³-hybridized carbons (Fsp3) is 0.500. The van der Waals surface area contributed by atoms with Gasteiger partial charge in [0.15, 0.2) is 0 Å². The van der Waals surface area contributed by atoms with E-state index in [1.165, 1.54) is 0 Å². The summed E-state index contributed by atoms with van der Waals surface area (Å²) in [5, 5.41) is 11.1. The largest absolute Gasteiger partial charge is 0.394 e. The molecule has 0 saturated carbocycles. The van der Waals surface area contributed by atoms with Gasteiger partial charge in [-0.25, -0.2) is 0 Å². The molecule has 2 bridgehead atoms. The molecule has 6 atom stereocenters. The van der Waals surface area contributed by atoms with E-state index in [0.717, 1.165) is 11.1 Å². The molecule has 0 radical (unpaired) electrons. The normalized spacial score (nSPS) is 26.7. The highest BCUT2D eigenvalue weighted by Crippen LogP contribution is 2.65. The van der Waals surface area contributed by atoms with E-state index in [-0.39, 0.29) is 36.8 Å². The summed E-state index contributed by atoms with van der Waals surface area (Å²) in [6.45, 7) is 16.2. The lowest BCUT2D eigenvalue weighted by Gasteiger charge is -2.40. The van der Waals surface area contributed by atoms with Gasteiger partial charge in [-0.1, -0.05) is 87.0 Å². The van der Waals surface area contributed by atoms with E-state index in [9.17, 15) is 14.7 Å². The minimum Gasteiger partial charge on any atom is -0.394 e. The van der Waals surface area contributed by atoms with E-state index >= 15 is 4.79 Å². The zero-order valence-corrected chi connectivity index (χ0v) is 28.8. The number of para-hydroxylation sites is 1. The van der Waals surface area contributed by atoms with E-state index in [2.05, 4.69) is 13.2 Å². The van der Waals surface area contributed by atoms with Crippen molar-refractivity contribution < 1.29 is 24.2 Å². The molecule has 9 heteroatoms. The van der Waals surface area contributed by atoms with Gasteiger partial charge in [0.25, 0.3) is 5.91 Å². The number of amides is 3. The molecule has 3 aliphatic rings. The molecule has 252 valence electrons. The number of aliphatic hydroxyl groups is 1. The molecule has 8 nitrogen and oxygen atoms in total. The van der Waals surface area contributed by atoms with Crippen molar-refractivity contribution in [1.82, 2.24) is 9.80 Å². The van der Waals surface area contributed by atoms with Gasteiger partial charge in [0.05, 0.1) is 40.8 Å². The molecule has 2 aromatic carbocycles.